The number of halogens is 1. The summed E-state index contributed by atoms with van der Waals surface area (Å²) in [5.74, 6) is -0.202. The molecule has 0 aliphatic heterocycles. The van der Waals surface area contributed by atoms with Crippen LogP contribution in [0.5, 0.6) is 0 Å². The molecule has 3 nitrogen and oxygen atoms in total. The molecule has 3 N–H and O–H groups in total. The number of anilines is 1. The van der Waals surface area contributed by atoms with Gasteiger partial charge in [-0.3, -0.25) is 4.79 Å². The van der Waals surface area contributed by atoms with Crippen LogP contribution in [0, 0.1) is 6.92 Å². The number of rotatable bonds is 3. The summed E-state index contributed by atoms with van der Waals surface area (Å²) in [4.78, 5) is 12.0. The Hall–Kier alpha value is -2.00. The fourth-order valence-corrected chi connectivity index (χ4v) is 2.09. The van der Waals surface area contributed by atoms with Gasteiger partial charge in [0.25, 0.3) is 5.91 Å². The van der Waals surface area contributed by atoms with Crippen LogP contribution in [0.3, 0.4) is 0 Å². The highest BCUT2D eigenvalue weighted by Gasteiger charge is 2.09. The highest BCUT2D eigenvalue weighted by atomic mass is 35.5. The van der Waals surface area contributed by atoms with Gasteiger partial charge in [0.05, 0.1) is 10.6 Å². The second-order valence-electron chi connectivity index (χ2n) is 4.41. The Morgan fingerprint density at radius 1 is 1.26 bits per heavy atom. The zero-order chi connectivity index (χ0) is 13.8. The average Bonchev–Trinajstić information content (AvgIpc) is 2.36. The lowest BCUT2D eigenvalue weighted by atomic mass is 10.1. The summed E-state index contributed by atoms with van der Waals surface area (Å²) in [6.07, 6.45) is 0. The maximum Gasteiger partial charge on any atom is 0.253 e. The molecule has 0 saturated carbocycles. The third-order valence-corrected chi connectivity index (χ3v) is 3.09. The molecular formula is C15H15ClN2O. The van der Waals surface area contributed by atoms with Crippen molar-refractivity contribution in [2.24, 2.45) is 0 Å². The van der Waals surface area contributed by atoms with Crippen molar-refractivity contribution in [3.8, 4) is 0 Å². The van der Waals surface area contributed by atoms with Crippen LogP contribution in [0.15, 0.2) is 42.5 Å². The SMILES string of the molecule is Cc1cccc(CNC(=O)c2ccc(N)cc2Cl)c1. The molecule has 2 aromatic rings. The molecule has 0 aromatic heterocycles. The van der Waals surface area contributed by atoms with E-state index in [1.54, 1.807) is 18.2 Å². The van der Waals surface area contributed by atoms with E-state index in [0.29, 0.717) is 22.8 Å². The lowest BCUT2D eigenvalue weighted by molar-refractivity contribution is 0.0951. The van der Waals surface area contributed by atoms with E-state index in [4.69, 9.17) is 17.3 Å². The number of carbonyl (C=O) groups excluding carboxylic acids is 1. The first-order chi connectivity index (χ1) is 9.06. The Kier molecular flexibility index (Phi) is 4.07. The minimum atomic E-state index is -0.202. The molecule has 0 bridgehead atoms. The fourth-order valence-electron chi connectivity index (χ4n) is 1.82. The van der Waals surface area contributed by atoms with Crippen LogP contribution in [-0.4, -0.2) is 5.91 Å². The second kappa shape index (κ2) is 5.76. The standard InChI is InChI=1S/C15H15ClN2O/c1-10-3-2-4-11(7-10)9-18-15(19)13-6-5-12(17)8-14(13)16/h2-8H,9,17H2,1H3,(H,18,19). The summed E-state index contributed by atoms with van der Waals surface area (Å²) in [5, 5.41) is 3.20. The van der Waals surface area contributed by atoms with Gasteiger partial charge < -0.3 is 11.1 Å². The van der Waals surface area contributed by atoms with Gasteiger partial charge in [-0.05, 0) is 30.7 Å². The molecule has 2 aromatic carbocycles. The summed E-state index contributed by atoms with van der Waals surface area (Å²) in [5.41, 5.74) is 8.79. The molecule has 1 amide bonds. The Morgan fingerprint density at radius 3 is 2.74 bits per heavy atom. The summed E-state index contributed by atoms with van der Waals surface area (Å²) in [6, 6.07) is 12.8. The molecule has 4 heteroatoms. The molecule has 2 rings (SSSR count). The zero-order valence-corrected chi connectivity index (χ0v) is 11.4. The Bertz CT molecular complexity index is 611. The predicted octanol–water partition coefficient (Wildman–Crippen LogP) is 3.16. The van der Waals surface area contributed by atoms with E-state index in [9.17, 15) is 4.79 Å². The number of hydrogen-bond acceptors (Lipinski definition) is 2. The minimum Gasteiger partial charge on any atom is -0.399 e. The van der Waals surface area contributed by atoms with Crippen LogP contribution < -0.4 is 11.1 Å². The smallest absolute Gasteiger partial charge is 0.253 e. The van der Waals surface area contributed by atoms with E-state index in [2.05, 4.69) is 5.32 Å². The number of nitrogens with two attached hydrogens (primary N) is 1. The van der Waals surface area contributed by atoms with Crippen molar-refractivity contribution in [3.63, 3.8) is 0 Å². The molecule has 0 unspecified atom stereocenters. The van der Waals surface area contributed by atoms with E-state index in [-0.39, 0.29) is 5.91 Å². The first-order valence-corrected chi connectivity index (χ1v) is 6.33. The summed E-state index contributed by atoms with van der Waals surface area (Å²) in [7, 11) is 0. The van der Waals surface area contributed by atoms with E-state index in [1.165, 1.54) is 0 Å². The normalized spacial score (nSPS) is 10.2. The van der Waals surface area contributed by atoms with Gasteiger partial charge in [0, 0.05) is 12.2 Å². The fraction of sp³-hybridized carbons (Fsp3) is 0.133. The van der Waals surface area contributed by atoms with Gasteiger partial charge in [-0.2, -0.15) is 0 Å². The summed E-state index contributed by atoms with van der Waals surface area (Å²) < 4.78 is 0. The highest BCUT2D eigenvalue weighted by Crippen LogP contribution is 2.19. The Balaban J connectivity index is 2.05. The third-order valence-electron chi connectivity index (χ3n) is 2.77. The molecule has 0 fully saturated rings. The number of amides is 1. The van der Waals surface area contributed by atoms with E-state index >= 15 is 0 Å². The monoisotopic (exact) mass is 274 g/mol. The highest BCUT2D eigenvalue weighted by molar-refractivity contribution is 6.34. The topological polar surface area (TPSA) is 55.1 Å². The zero-order valence-electron chi connectivity index (χ0n) is 10.6. The Labute approximate surface area is 117 Å². The quantitative estimate of drug-likeness (QED) is 0.845. The maximum atomic E-state index is 12.0. The van der Waals surface area contributed by atoms with Crippen LogP contribution in [0.1, 0.15) is 21.5 Å². The lowest BCUT2D eigenvalue weighted by Crippen LogP contribution is -2.23. The Morgan fingerprint density at radius 2 is 2.05 bits per heavy atom. The third kappa shape index (κ3) is 3.48. The molecule has 0 aliphatic carbocycles. The number of aryl methyl sites for hydroxylation is 1. The van der Waals surface area contributed by atoms with Crippen molar-refractivity contribution < 1.29 is 4.79 Å². The van der Waals surface area contributed by atoms with Crippen LogP contribution in [0.2, 0.25) is 5.02 Å². The molecule has 0 aliphatic rings. The van der Waals surface area contributed by atoms with Gasteiger partial charge in [-0.15, -0.1) is 0 Å². The van der Waals surface area contributed by atoms with Crippen LogP contribution in [-0.2, 0) is 6.54 Å². The first kappa shape index (κ1) is 13.4. The molecular weight excluding hydrogens is 260 g/mol. The predicted molar refractivity (Wildman–Crippen MR) is 78.2 cm³/mol. The average molecular weight is 275 g/mol. The van der Waals surface area contributed by atoms with Gasteiger partial charge in [0.15, 0.2) is 0 Å². The molecule has 98 valence electrons. The number of hydrogen-bond donors (Lipinski definition) is 2. The number of benzene rings is 2. The lowest BCUT2D eigenvalue weighted by Gasteiger charge is -2.08. The molecule has 0 heterocycles. The second-order valence-corrected chi connectivity index (χ2v) is 4.82. The van der Waals surface area contributed by atoms with Crippen LogP contribution in [0.25, 0.3) is 0 Å². The summed E-state index contributed by atoms with van der Waals surface area (Å²) >= 11 is 5.99. The van der Waals surface area contributed by atoms with E-state index < -0.39 is 0 Å². The van der Waals surface area contributed by atoms with Crippen molar-refractivity contribution in [1.29, 1.82) is 0 Å². The van der Waals surface area contributed by atoms with E-state index in [0.717, 1.165) is 11.1 Å². The largest absolute Gasteiger partial charge is 0.399 e. The van der Waals surface area contributed by atoms with Crippen LogP contribution >= 0.6 is 11.6 Å². The maximum absolute atomic E-state index is 12.0. The van der Waals surface area contributed by atoms with Crippen molar-refractivity contribution in [2.45, 2.75) is 13.5 Å². The number of nitrogen functional groups attached to an aromatic ring is 1. The molecule has 0 spiro atoms. The van der Waals surface area contributed by atoms with Crippen LogP contribution in [0.4, 0.5) is 5.69 Å². The molecule has 0 atom stereocenters. The number of nitrogens with one attached hydrogen (secondary N) is 1. The minimum absolute atomic E-state index is 0.202. The van der Waals surface area contributed by atoms with Gasteiger partial charge in [0.1, 0.15) is 0 Å². The molecule has 19 heavy (non-hydrogen) atoms. The van der Waals surface area contributed by atoms with Gasteiger partial charge in [-0.1, -0.05) is 41.4 Å². The molecule has 0 saturated heterocycles. The van der Waals surface area contributed by atoms with Crippen molar-refractivity contribution in [2.75, 3.05) is 5.73 Å². The van der Waals surface area contributed by atoms with Gasteiger partial charge >= 0.3 is 0 Å². The molecule has 0 radical (unpaired) electrons. The first-order valence-electron chi connectivity index (χ1n) is 5.95. The van der Waals surface area contributed by atoms with Crippen molar-refractivity contribution in [3.05, 3.63) is 64.2 Å². The van der Waals surface area contributed by atoms with Gasteiger partial charge in [-0.25, -0.2) is 0 Å². The van der Waals surface area contributed by atoms with Crippen molar-refractivity contribution in [1.82, 2.24) is 5.32 Å². The number of carbonyl (C=O) groups is 1. The van der Waals surface area contributed by atoms with Crippen molar-refractivity contribution >= 4 is 23.2 Å². The summed E-state index contributed by atoms with van der Waals surface area (Å²) in [6.45, 7) is 2.49. The van der Waals surface area contributed by atoms with E-state index in [1.807, 2.05) is 31.2 Å². The van der Waals surface area contributed by atoms with Gasteiger partial charge in [0.2, 0.25) is 0 Å².